The molecule has 2 aliphatic rings. The van der Waals surface area contributed by atoms with Crippen LogP contribution < -0.4 is 0 Å². The van der Waals surface area contributed by atoms with Crippen LogP contribution in [0.1, 0.15) is 26.7 Å². The number of nitrogens with zero attached hydrogens (tertiary/aromatic N) is 2. The van der Waals surface area contributed by atoms with E-state index in [1.165, 1.54) is 0 Å². The number of hydrogen-bond acceptors (Lipinski definition) is 2. The largest absolute Gasteiger partial charge is 0.341 e. The normalized spacial score (nSPS) is 24.3. The average Bonchev–Trinajstić information content (AvgIpc) is 2.80. The van der Waals surface area contributed by atoms with Gasteiger partial charge in [-0.25, -0.2) is 0 Å². The fraction of sp³-hybridized carbons (Fsp3) is 0.818. The summed E-state index contributed by atoms with van der Waals surface area (Å²) in [6.45, 7) is 6.09. The van der Waals surface area contributed by atoms with Crippen LogP contribution in [0.2, 0.25) is 0 Å². The van der Waals surface area contributed by atoms with Crippen molar-refractivity contribution in [1.29, 1.82) is 5.26 Å². The van der Waals surface area contributed by atoms with Gasteiger partial charge < -0.3 is 4.90 Å². The molecule has 0 radical (unpaired) electrons. The summed E-state index contributed by atoms with van der Waals surface area (Å²) in [7, 11) is 0. The van der Waals surface area contributed by atoms with Crippen molar-refractivity contribution in [2.75, 3.05) is 13.1 Å². The third-order valence-electron chi connectivity index (χ3n) is 3.51. The van der Waals surface area contributed by atoms with E-state index in [-0.39, 0.29) is 5.91 Å². The Bertz CT molecular complexity index is 293. The van der Waals surface area contributed by atoms with Crippen LogP contribution >= 0.6 is 0 Å². The molecule has 2 rings (SSSR count). The minimum atomic E-state index is -0.609. The molecule has 0 unspecified atom stereocenters. The fourth-order valence-electron chi connectivity index (χ4n) is 1.90. The molecule has 3 nitrogen and oxygen atoms in total. The third-order valence-corrected chi connectivity index (χ3v) is 3.51. The predicted molar refractivity (Wildman–Crippen MR) is 52.2 cm³/mol. The second-order valence-electron chi connectivity index (χ2n) is 4.91. The van der Waals surface area contributed by atoms with Crippen LogP contribution in [0, 0.1) is 28.6 Å². The predicted octanol–water partition coefficient (Wildman–Crippen LogP) is 1.40. The van der Waals surface area contributed by atoms with Crippen LogP contribution in [0.3, 0.4) is 0 Å². The Balaban J connectivity index is 1.89. The Labute approximate surface area is 84.7 Å². The molecular weight excluding hydrogens is 176 g/mol. The van der Waals surface area contributed by atoms with Crippen molar-refractivity contribution < 1.29 is 4.79 Å². The number of nitriles is 1. The molecular formula is C11H16N2O. The molecule has 76 valence electrons. The molecule has 0 aromatic heterocycles. The summed E-state index contributed by atoms with van der Waals surface area (Å²) >= 11 is 0. The summed E-state index contributed by atoms with van der Waals surface area (Å²) in [6.07, 6.45) is 1.54. The Morgan fingerprint density at radius 1 is 1.50 bits per heavy atom. The fourth-order valence-corrected chi connectivity index (χ4v) is 1.90. The summed E-state index contributed by atoms with van der Waals surface area (Å²) in [4.78, 5) is 13.7. The van der Waals surface area contributed by atoms with Crippen molar-refractivity contribution in [3.63, 3.8) is 0 Å². The van der Waals surface area contributed by atoms with E-state index in [1.807, 2.05) is 4.90 Å². The summed E-state index contributed by atoms with van der Waals surface area (Å²) in [5.41, 5.74) is -0.609. The highest BCUT2D eigenvalue weighted by atomic mass is 16.2. The van der Waals surface area contributed by atoms with E-state index in [1.54, 1.807) is 0 Å². The van der Waals surface area contributed by atoms with E-state index in [0.29, 0.717) is 11.8 Å². The van der Waals surface area contributed by atoms with Gasteiger partial charge in [-0.2, -0.15) is 5.26 Å². The lowest BCUT2D eigenvalue weighted by Gasteiger charge is -2.42. The van der Waals surface area contributed by atoms with Gasteiger partial charge in [-0.1, -0.05) is 13.8 Å². The van der Waals surface area contributed by atoms with Gasteiger partial charge in [0.25, 0.3) is 0 Å². The smallest absolute Gasteiger partial charge is 0.243 e. The first-order valence-corrected chi connectivity index (χ1v) is 5.30. The minimum absolute atomic E-state index is 0.0805. The highest BCUT2D eigenvalue weighted by Crippen LogP contribution is 2.47. The van der Waals surface area contributed by atoms with E-state index in [9.17, 15) is 4.79 Å². The van der Waals surface area contributed by atoms with Crippen molar-refractivity contribution in [3.05, 3.63) is 0 Å². The molecule has 14 heavy (non-hydrogen) atoms. The lowest BCUT2D eigenvalue weighted by molar-refractivity contribution is -0.142. The summed E-state index contributed by atoms with van der Waals surface area (Å²) in [5.74, 6) is 1.38. The zero-order chi connectivity index (χ0) is 10.3. The molecule has 0 N–H and O–H groups in total. The molecule has 1 amide bonds. The van der Waals surface area contributed by atoms with Crippen LogP contribution in [0.25, 0.3) is 0 Å². The quantitative estimate of drug-likeness (QED) is 0.664. The average molecular weight is 192 g/mol. The van der Waals surface area contributed by atoms with Gasteiger partial charge in [0.2, 0.25) is 5.91 Å². The number of carbonyl (C=O) groups is 1. The molecule has 1 heterocycles. The molecule has 1 aliphatic heterocycles. The molecule has 0 aromatic carbocycles. The standard InChI is InChI=1S/C11H16N2O/c1-8(2)9-5-13(6-9)10(14)11(7-12)3-4-11/h8-9H,3-6H2,1-2H3. The van der Waals surface area contributed by atoms with Gasteiger partial charge >= 0.3 is 0 Å². The highest BCUT2D eigenvalue weighted by Gasteiger charge is 2.54. The topological polar surface area (TPSA) is 44.1 Å². The molecule has 3 heteroatoms. The monoisotopic (exact) mass is 192 g/mol. The molecule has 1 saturated carbocycles. The van der Waals surface area contributed by atoms with Gasteiger partial charge in [-0.15, -0.1) is 0 Å². The number of hydrogen-bond donors (Lipinski definition) is 0. The van der Waals surface area contributed by atoms with Gasteiger partial charge in [0.05, 0.1) is 6.07 Å². The molecule has 1 aliphatic carbocycles. The van der Waals surface area contributed by atoms with E-state index in [4.69, 9.17) is 5.26 Å². The number of likely N-dealkylation sites (tertiary alicyclic amines) is 1. The SMILES string of the molecule is CC(C)C1CN(C(=O)C2(C#N)CC2)C1. The van der Waals surface area contributed by atoms with Crippen molar-refractivity contribution in [3.8, 4) is 6.07 Å². The maximum atomic E-state index is 11.8. The van der Waals surface area contributed by atoms with Crippen molar-refractivity contribution >= 4 is 5.91 Å². The van der Waals surface area contributed by atoms with E-state index in [2.05, 4.69) is 19.9 Å². The third kappa shape index (κ3) is 1.30. The molecule has 0 atom stereocenters. The van der Waals surface area contributed by atoms with Gasteiger partial charge in [-0.05, 0) is 24.7 Å². The lowest BCUT2D eigenvalue weighted by Crippen LogP contribution is -2.54. The first-order chi connectivity index (χ1) is 6.59. The number of carbonyl (C=O) groups excluding carboxylic acids is 1. The Hall–Kier alpha value is -1.04. The molecule has 0 aromatic rings. The van der Waals surface area contributed by atoms with Crippen LogP contribution in [0.4, 0.5) is 0 Å². The summed E-state index contributed by atoms with van der Waals surface area (Å²) in [5, 5.41) is 8.87. The summed E-state index contributed by atoms with van der Waals surface area (Å²) < 4.78 is 0. The number of amides is 1. The van der Waals surface area contributed by atoms with Gasteiger partial charge in [0.1, 0.15) is 5.41 Å². The highest BCUT2D eigenvalue weighted by molar-refractivity contribution is 5.88. The maximum absolute atomic E-state index is 11.8. The van der Waals surface area contributed by atoms with Crippen molar-refractivity contribution in [2.24, 2.45) is 17.3 Å². The van der Waals surface area contributed by atoms with Crippen LogP contribution in [0.5, 0.6) is 0 Å². The van der Waals surface area contributed by atoms with Crippen LogP contribution in [0.15, 0.2) is 0 Å². The molecule has 0 bridgehead atoms. The lowest BCUT2D eigenvalue weighted by atomic mass is 9.87. The van der Waals surface area contributed by atoms with Gasteiger partial charge in [0.15, 0.2) is 0 Å². The summed E-state index contributed by atoms with van der Waals surface area (Å²) in [6, 6.07) is 2.15. The Kier molecular flexibility index (Phi) is 2.02. The second kappa shape index (κ2) is 2.98. The van der Waals surface area contributed by atoms with E-state index in [0.717, 1.165) is 25.9 Å². The maximum Gasteiger partial charge on any atom is 0.243 e. The second-order valence-corrected chi connectivity index (χ2v) is 4.91. The van der Waals surface area contributed by atoms with Gasteiger partial charge in [0, 0.05) is 13.1 Å². The molecule has 1 saturated heterocycles. The zero-order valence-corrected chi connectivity index (χ0v) is 8.79. The van der Waals surface area contributed by atoms with Crippen LogP contribution in [-0.4, -0.2) is 23.9 Å². The Morgan fingerprint density at radius 2 is 2.07 bits per heavy atom. The number of rotatable bonds is 2. The van der Waals surface area contributed by atoms with Crippen LogP contribution in [-0.2, 0) is 4.79 Å². The zero-order valence-electron chi connectivity index (χ0n) is 8.79. The first-order valence-electron chi connectivity index (χ1n) is 5.30. The van der Waals surface area contributed by atoms with Crippen molar-refractivity contribution in [2.45, 2.75) is 26.7 Å². The van der Waals surface area contributed by atoms with E-state index < -0.39 is 5.41 Å². The Morgan fingerprint density at radius 3 is 2.43 bits per heavy atom. The molecule has 2 fully saturated rings. The van der Waals surface area contributed by atoms with Crippen molar-refractivity contribution in [1.82, 2.24) is 4.90 Å². The minimum Gasteiger partial charge on any atom is -0.341 e. The van der Waals surface area contributed by atoms with E-state index >= 15 is 0 Å². The van der Waals surface area contributed by atoms with Gasteiger partial charge in [-0.3, -0.25) is 4.79 Å². The first kappa shape index (κ1) is 9.51. The molecule has 0 spiro atoms.